The van der Waals surface area contributed by atoms with Crippen LogP contribution in [0.5, 0.6) is 0 Å². The number of amides is 1. The Morgan fingerprint density at radius 1 is 1.32 bits per heavy atom. The van der Waals surface area contributed by atoms with Crippen LogP contribution in [0.25, 0.3) is 17.0 Å². The number of carbonyl (C=O) groups is 1. The molecule has 0 radical (unpaired) electrons. The zero-order valence-corrected chi connectivity index (χ0v) is 15.4. The minimum atomic E-state index is -0.107. The van der Waals surface area contributed by atoms with Crippen molar-refractivity contribution in [2.75, 3.05) is 18.0 Å². The average molecular weight is 376 g/mol. The Balaban J connectivity index is 1.29. The van der Waals surface area contributed by atoms with Gasteiger partial charge < -0.3 is 19.8 Å². The van der Waals surface area contributed by atoms with Crippen LogP contribution in [0.1, 0.15) is 16.8 Å². The molecule has 1 saturated heterocycles. The lowest BCUT2D eigenvalue weighted by molar-refractivity contribution is 0.0941. The number of nitrogens with one attached hydrogen (secondary N) is 2. The van der Waals surface area contributed by atoms with Crippen molar-refractivity contribution in [3.05, 3.63) is 54.7 Å². The standard InChI is InChI=1S/C19H20N8O/c1-25-9-10-27-18(25)14(11-22-27)17(28)23-13-5-8-26(12-13)19-21-7-4-16(24-19)15-3-2-6-20-15/h2-4,6-7,9-11,13,20H,5,8,12H2,1H3,(H,23,28). The summed E-state index contributed by atoms with van der Waals surface area (Å²) < 4.78 is 3.60. The highest BCUT2D eigenvalue weighted by Gasteiger charge is 2.27. The third kappa shape index (κ3) is 2.81. The van der Waals surface area contributed by atoms with Gasteiger partial charge in [-0.2, -0.15) is 5.10 Å². The predicted octanol–water partition coefficient (Wildman–Crippen LogP) is 1.47. The Morgan fingerprint density at radius 2 is 2.25 bits per heavy atom. The van der Waals surface area contributed by atoms with Gasteiger partial charge in [-0.25, -0.2) is 14.5 Å². The second kappa shape index (κ2) is 6.52. The second-order valence-electron chi connectivity index (χ2n) is 6.97. The van der Waals surface area contributed by atoms with E-state index >= 15 is 0 Å². The first kappa shape index (κ1) is 16.5. The van der Waals surface area contributed by atoms with Crippen molar-refractivity contribution < 1.29 is 4.79 Å². The molecule has 1 fully saturated rings. The van der Waals surface area contributed by atoms with Crippen molar-refractivity contribution in [3.63, 3.8) is 0 Å². The number of fused-ring (bicyclic) bond motifs is 1. The number of hydrogen-bond donors (Lipinski definition) is 2. The molecule has 2 N–H and O–H groups in total. The SMILES string of the molecule is Cn1ccn2ncc(C(=O)NC3CCN(c4nccc(-c5ccc[nH]5)n4)C3)c12. The summed E-state index contributed by atoms with van der Waals surface area (Å²) in [7, 11) is 1.90. The molecule has 9 heteroatoms. The largest absolute Gasteiger partial charge is 0.360 e. The molecule has 5 heterocycles. The number of aromatic nitrogens is 6. The minimum Gasteiger partial charge on any atom is -0.360 e. The van der Waals surface area contributed by atoms with E-state index in [9.17, 15) is 4.79 Å². The van der Waals surface area contributed by atoms with Crippen molar-refractivity contribution in [2.24, 2.45) is 7.05 Å². The van der Waals surface area contributed by atoms with Crippen molar-refractivity contribution in [1.82, 2.24) is 34.4 Å². The van der Waals surface area contributed by atoms with Crippen LogP contribution in [-0.4, -0.2) is 54.2 Å². The van der Waals surface area contributed by atoms with Gasteiger partial charge in [0.05, 0.1) is 17.6 Å². The summed E-state index contributed by atoms with van der Waals surface area (Å²) in [4.78, 5) is 27.1. The van der Waals surface area contributed by atoms with E-state index in [0.29, 0.717) is 18.1 Å². The zero-order valence-electron chi connectivity index (χ0n) is 15.4. The molecule has 1 amide bonds. The highest BCUT2D eigenvalue weighted by molar-refractivity contribution is 6.00. The highest BCUT2D eigenvalue weighted by Crippen LogP contribution is 2.21. The molecule has 0 spiro atoms. The molecule has 142 valence electrons. The zero-order chi connectivity index (χ0) is 19.1. The maximum Gasteiger partial charge on any atom is 0.256 e. The second-order valence-corrected chi connectivity index (χ2v) is 6.97. The lowest BCUT2D eigenvalue weighted by Gasteiger charge is -2.17. The summed E-state index contributed by atoms with van der Waals surface area (Å²) in [6.45, 7) is 1.48. The van der Waals surface area contributed by atoms with E-state index in [0.717, 1.165) is 30.0 Å². The summed E-state index contributed by atoms with van der Waals surface area (Å²) in [5.74, 6) is 0.573. The van der Waals surface area contributed by atoms with Crippen LogP contribution >= 0.6 is 0 Å². The molecule has 5 rings (SSSR count). The number of rotatable bonds is 4. The number of anilines is 1. The normalized spacial score (nSPS) is 16.8. The van der Waals surface area contributed by atoms with Gasteiger partial charge in [-0.1, -0.05) is 0 Å². The maximum absolute atomic E-state index is 12.7. The van der Waals surface area contributed by atoms with E-state index in [4.69, 9.17) is 0 Å². The number of H-pyrrole nitrogens is 1. The molecule has 1 aliphatic rings. The van der Waals surface area contributed by atoms with Gasteiger partial charge in [0.15, 0.2) is 0 Å². The first-order chi connectivity index (χ1) is 13.7. The van der Waals surface area contributed by atoms with Gasteiger partial charge in [-0.15, -0.1) is 0 Å². The molecule has 0 saturated carbocycles. The van der Waals surface area contributed by atoms with Crippen molar-refractivity contribution >= 4 is 17.5 Å². The minimum absolute atomic E-state index is 0.0421. The number of hydrogen-bond acceptors (Lipinski definition) is 5. The number of nitrogens with zero attached hydrogens (tertiary/aromatic N) is 6. The first-order valence-corrected chi connectivity index (χ1v) is 9.20. The molecule has 9 nitrogen and oxygen atoms in total. The molecule has 1 unspecified atom stereocenters. The molecule has 0 aromatic carbocycles. The van der Waals surface area contributed by atoms with Crippen LogP contribution < -0.4 is 10.2 Å². The van der Waals surface area contributed by atoms with E-state index in [1.807, 2.05) is 48.4 Å². The Morgan fingerprint density at radius 3 is 3.11 bits per heavy atom. The van der Waals surface area contributed by atoms with E-state index in [1.54, 1.807) is 16.9 Å². The van der Waals surface area contributed by atoms with Crippen molar-refractivity contribution in [3.8, 4) is 11.4 Å². The highest BCUT2D eigenvalue weighted by atomic mass is 16.1. The summed E-state index contributed by atoms with van der Waals surface area (Å²) in [5.41, 5.74) is 3.18. The van der Waals surface area contributed by atoms with Crippen molar-refractivity contribution in [2.45, 2.75) is 12.5 Å². The van der Waals surface area contributed by atoms with E-state index < -0.39 is 0 Å². The first-order valence-electron chi connectivity index (χ1n) is 9.20. The molecular weight excluding hydrogens is 356 g/mol. The van der Waals surface area contributed by atoms with Crippen LogP contribution in [-0.2, 0) is 7.05 Å². The Labute approximate surface area is 161 Å². The molecule has 1 aliphatic heterocycles. The fraction of sp³-hybridized carbons (Fsp3) is 0.263. The monoisotopic (exact) mass is 376 g/mol. The predicted molar refractivity (Wildman–Crippen MR) is 104 cm³/mol. The quantitative estimate of drug-likeness (QED) is 0.562. The number of aromatic amines is 1. The molecular formula is C19H20N8O. The molecule has 0 bridgehead atoms. The van der Waals surface area contributed by atoms with E-state index in [1.165, 1.54) is 0 Å². The maximum atomic E-state index is 12.7. The molecule has 0 aliphatic carbocycles. The fourth-order valence-electron chi connectivity index (χ4n) is 3.67. The molecule has 1 atom stereocenters. The Bertz CT molecular complexity index is 1130. The average Bonchev–Trinajstić information content (AvgIpc) is 3.49. The summed E-state index contributed by atoms with van der Waals surface area (Å²) in [6.07, 6.45) is 9.81. The lowest BCUT2D eigenvalue weighted by atomic mass is 10.2. The van der Waals surface area contributed by atoms with Gasteiger partial charge in [0.1, 0.15) is 11.2 Å². The summed E-state index contributed by atoms with van der Waals surface area (Å²) >= 11 is 0. The van der Waals surface area contributed by atoms with Crippen molar-refractivity contribution in [1.29, 1.82) is 0 Å². The fourth-order valence-corrected chi connectivity index (χ4v) is 3.67. The third-order valence-electron chi connectivity index (χ3n) is 5.10. The Kier molecular flexibility index (Phi) is 3.85. The number of aryl methyl sites for hydroxylation is 1. The van der Waals surface area contributed by atoms with Gasteiger partial charge in [-0.3, -0.25) is 4.79 Å². The third-order valence-corrected chi connectivity index (χ3v) is 5.10. The van der Waals surface area contributed by atoms with Crippen LogP contribution in [0.15, 0.2) is 49.2 Å². The van der Waals surface area contributed by atoms with E-state index in [-0.39, 0.29) is 11.9 Å². The van der Waals surface area contributed by atoms with Gasteiger partial charge >= 0.3 is 0 Å². The van der Waals surface area contributed by atoms with Crippen LogP contribution in [0.2, 0.25) is 0 Å². The van der Waals surface area contributed by atoms with Crippen LogP contribution in [0.3, 0.4) is 0 Å². The molecule has 4 aromatic heterocycles. The lowest BCUT2D eigenvalue weighted by Crippen LogP contribution is -2.37. The topological polar surface area (TPSA) is 96.1 Å². The van der Waals surface area contributed by atoms with Gasteiger partial charge in [0.2, 0.25) is 5.95 Å². The smallest absolute Gasteiger partial charge is 0.256 e. The van der Waals surface area contributed by atoms with Gasteiger partial charge in [0.25, 0.3) is 5.91 Å². The van der Waals surface area contributed by atoms with E-state index in [2.05, 4.69) is 30.3 Å². The Hall–Kier alpha value is -3.62. The molecule has 28 heavy (non-hydrogen) atoms. The van der Waals surface area contributed by atoms with Crippen LogP contribution in [0.4, 0.5) is 5.95 Å². The summed E-state index contributed by atoms with van der Waals surface area (Å²) in [6, 6.07) is 5.85. The number of carbonyl (C=O) groups excluding carboxylic acids is 1. The number of imidazole rings is 1. The van der Waals surface area contributed by atoms with Crippen LogP contribution in [0, 0.1) is 0 Å². The van der Waals surface area contributed by atoms with Gasteiger partial charge in [-0.05, 0) is 24.6 Å². The van der Waals surface area contributed by atoms with Gasteiger partial charge in [0, 0.05) is 51.0 Å². The summed E-state index contributed by atoms with van der Waals surface area (Å²) in [5, 5.41) is 7.36. The molecule has 4 aromatic rings.